The van der Waals surface area contributed by atoms with E-state index in [1.807, 2.05) is 19.1 Å². The van der Waals surface area contributed by atoms with Crippen LogP contribution in [0.2, 0.25) is 0 Å². The maximum absolute atomic E-state index is 12.0. The number of amides is 1. The fourth-order valence-corrected chi connectivity index (χ4v) is 2.12. The monoisotopic (exact) mass is 233 g/mol. The SMILES string of the molecule is C[C@@H](NC(=O)[C@@H]1CCCNC1)c1cccnc1. The second-order valence-electron chi connectivity index (χ2n) is 4.56. The third kappa shape index (κ3) is 3.27. The molecule has 1 aliphatic heterocycles. The summed E-state index contributed by atoms with van der Waals surface area (Å²) in [4.78, 5) is 16.1. The fraction of sp³-hybridized carbons (Fsp3) is 0.538. The van der Waals surface area contributed by atoms with Crippen LogP contribution in [0.15, 0.2) is 24.5 Å². The van der Waals surface area contributed by atoms with E-state index < -0.39 is 0 Å². The maximum Gasteiger partial charge on any atom is 0.224 e. The zero-order valence-corrected chi connectivity index (χ0v) is 10.1. The summed E-state index contributed by atoms with van der Waals surface area (Å²) >= 11 is 0. The lowest BCUT2D eigenvalue weighted by molar-refractivity contribution is -0.126. The summed E-state index contributed by atoms with van der Waals surface area (Å²) in [5, 5.41) is 6.30. The van der Waals surface area contributed by atoms with Gasteiger partial charge in [-0.15, -0.1) is 0 Å². The highest BCUT2D eigenvalue weighted by Crippen LogP contribution is 2.14. The smallest absolute Gasteiger partial charge is 0.224 e. The molecule has 0 aromatic carbocycles. The van der Waals surface area contributed by atoms with Crippen molar-refractivity contribution in [3.05, 3.63) is 30.1 Å². The van der Waals surface area contributed by atoms with Gasteiger partial charge < -0.3 is 10.6 Å². The van der Waals surface area contributed by atoms with Gasteiger partial charge in [-0.1, -0.05) is 6.07 Å². The average molecular weight is 233 g/mol. The largest absolute Gasteiger partial charge is 0.349 e. The normalized spacial score (nSPS) is 21.8. The lowest BCUT2D eigenvalue weighted by Gasteiger charge is -2.24. The topological polar surface area (TPSA) is 54.0 Å². The van der Waals surface area contributed by atoms with Crippen LogP contribution in [0.25, 0.3) is 0 Å². The van der Waals surface area contributed by atoms with Crippen molar-refractivity contribution in [3.63, 3.8) is 0 Å². The lowest BCUT2D eigenvalue weighted by Crippen LogP contribution is -2.41. The molecule has 0 bridgehead atoms. The van der Waals surface area contributed by atoms with Crippen molar-refractivity contribution in [3.8, 4) is 0 Å². The van der Waals surface area contributed by atoms with Gasteiger partial charge in [0.1, 0.15) is 0 Å². The number of hydrogen-bond donors (Lipinski definition) is 2. The van der Waals surface area contributed by atoms with Crippen LogP contribution in [0.3, 0.4) is 0 Å². The summed E-state index contributed by atoms with van der Waals surface area (Å²) in [5.41, 5.74) is 1.05. The molecule has 2 N–H and O–H groups in total. The van der Waals surface area contributed by atoms with Crippen molar-refractivity contribution in [1.29, 1.82) is 0 Å². The summed E-state index contributed by atoms with van der Waals surface area (Å²) in [6, 6.07) is 3.90. The number of pyridine rings is 1. The Hall–Kier alpha value is -1.42. The minimum atomic E-state index is 0.0260. The van der Waals surface area contributed by atoms with Gasteiger partial charge in [-0.05, 0) is 37.9 Å². The van der Waals surface area contributed by atoms with E-state index in [0.29, 0.717) is 0 Å². The Bertz CT molecular complexity index is 360. The van der Waals surface area contributed by atoms with Crippen molar-refractivity contribution < 1.29 is 4.79 Å². The first-order chi connectivity index (χ1) is 8.27. The molecule has 0 spiro atoms. The Morgan fingerprint density at radius 3 is 3.18 bits per heavy atom. The molecule has 0 aliphatic carbocycles. The minimum Gasteiger partial charge on any atom is -0.349 e. The zero-order chi connectivity index (χ0) is 12.1. The van der Waals surface area contributed by atoms with Crippen LogP contribution < -0.4 is 10.6 Å². The van der Waals surface area contributed by atoms with Gasteiger partial charge in [-0.3, -0.25) is 9.78 Å². The van der Waals surface area contributed by atoms with E-state index in [0.717, 1.165) is 31.5 Å². The van der Waals surface area contributed by atoms with Crippen LogP contribution in [-0.4, -0.2) is 24.0 Å². The van der Waals surface area contributed by atoms with Gasteiger partial charge in [0.05, 0.1) is 12.0 Å². The Balaban J connectivity index is 1.89. The molecule has 0 saturated carbocycles. The van der Waals surface area contributed by atoms with Crippen molar-refractivity contribution in [2.45, 2.75) is 25.8 Å². The molecule has 1 aromatic rings. The maximum atomic E-state index is 12.0. The highest BCUT2D eigenvalue weighted by Gasteiger charge is 2.22. The van der Waals surface area contributed by atoms with Gasteiger partial charge in [0.15, 0.2) is 0 Å². The Labute approximate surface area is 102 Å². The highest BCUT2D eigenvalue weighted by molar-refractivity contribution is 5.79. The molecule has 2 atom stereocenters. The molecule has 1 saturated heterocycles. The van der Waals surface area contributed by atoms with E-state index in [-0.39, 0.29) is 17.9 Å². The van der Waals surface area contributed by atoms with Gasteiger partial charge in [-0.25, -0.2) is 0 Å². The number of nitrogens with zero attached hydrogens (tertiary/aromatic N) is 1. The van der Waals surface area contributed by atoms with Crippen LogP contribution in [-0.2, 0) is 4.79 Å². The van der Waals surface area contributed by atoms with Crippen molar-refractivity contribution in [1.82, 2.24) is 15.6 Å². The summed E-state index contributed by atoms with van der Waals surface area (Å²) in [5.74, 6) is 0.261. The predicted octanol–water partition coefficient (Wildman–Crippen LogP) is 1.26. The van der Waals surface area contributed by atoms with Crippen LogP contribution >= 0.6 is 0 Å². The second-order valence-corrected chi connectivity index (χ2v) is 4.56. The molecule has 92 valence electrons. The number of aromatic nitrogens is 1. The number of carbonyl (C=O) groups excluding carboxylic acids is 1. The molecule has 1 fully saturated rings. The fourth-order valence-electron chi connectivity index (χ4n) is 2.12. The van der Waals surface area contributed by atoms with Crippen molar-refractivity contribution in [2.24, 2.45) is 5.92 Å². The van der Waals surface area contributed by atoms with Gasteiger partial charge in [0.25, 0.3) is 0 Å². The summed E-state index contributed by atoms with van der Waals surface area (Å²) < 4.78 is 0. The number of piperidine rings is 1. The molecule has 2 rings (SSSR count). The molecule has 17 heavy (non-hydrogen) atoms. The van der Waals surface area contributed by atoms with E-state index in [2.05, 4.69) is 15.6 Å². The molecule has 4 heteroatoms. The molecular weight excluding hydrogens is 214 g/mol. The quantitative estimate of drug-likeness (QED) is 0.826. The first kappa shape index (κ1) is 12.0. The second kappa shape index (κ2) is 5.77. The van der Waals surface area contributed by atoms with E-state index >= 15 is 0 Å². The predicted molar refractivity (Wildman–Crippen MR) is 66.4 cm³/mol. The first-order valence-corrected chi connectivity index (χ1v) is 6.18. The molecule has 1 amide bonds. The molecule has 2 heterocycles. The molecule has 1 aromatic heterocycles. The van der Waals surface area contributed by atoms with E-state index in [1.54, 1.807) is 12.4 Å². The molecule has 0 radical (unpaired) electrons. The first-order valence-electron chi connectivity index (χ1n) is 6.18. The third-order valence-corrected chi connectivity index (χ3v) is 3.21. The molecule has 4 nitrogen and oxygen atoms in total. The van der Waals surface area contributed by atoms with E-state index in [9.17, 15) is 4.79 Å². The average Bonchev–Trinajstić information content (AvgIpc) is 2.40. The lowest BCUT2D eigenvalue weighted by atomic mass is 9.98. The van der Waals surface area contributed by atoms with Crippen LogP contribution in [0.1, 0.15) is 31.4 Å². The van der Waals surface area contributed by atoms with Crippen LogP contribution in [0.5, 0.6) is 0 Å². The zero-order valence-electron chi connectivity index (χ0n) is 10.1. The van der Waals surface area contributed by atoms with Crippen molar-refractivity contribution in [2.75, 3.05) is 13.1 Å². The number of rotatable bonds is 3. The highest BCUT2D eigenvalue weighted by atomic mass is 16.1. The van der Waals surface area contributed by atoms with Gasteiger partial charge in [-0.2, -0.15) is 0 Å². The molecule has 0 unspecified atom stereocenters. The van der Waals surface area contributed by atoms with Crippen LogP contribution in [0.4, 0.5) is 0 Å². The van der Waals surface area contributed by atoms with Gasteiger partial charge in [0.2, 0.25) is 5.91 Å². The third-order valence-electron chi connectivity index (χ3n) is 3.21. The summed E-state index contributed by atoms with van der Waals surface area (Å²) in [6.07, 6.45) is 5.60. The summed E-state index contributed by atoms with van der Waals surface area (Å²) in [7, 11) is 0. The van der Waals surface area contributed by atoms with Gasteiger partial charge >= 0.3 is 0 Å². The van der Waals surface area contributed by atoms with Crippen molar-refractivity contribution >= 4 is 5.91 Å². The number of nitrogens with one attached hydrogen (secondary N) is 2. The number of carbonyl (C=O) groups is 1. The van der Waals surface area contributed by atoms with E-state index in [1.165, 1.54) is 0 Å². The Morgan fingerprint density at radius 2 is 2.53 bits per heavy atom. The molecular formula is C13H19N3O. The minimum absolute atomic E-state index is 0.0260. The Morgan fingerprint density at radius 1 is 1.65 bits per heavy atom. The van der Waals surface area contributed by atoms with E-state index in [4.69, 9.17) is 0 Å². The van der Waals surface area contributed by atoms with Gasteiger partial charge in [0, 0.05) is 18.9 Å². The molecule has 1 aliphatic rings. The summed E-state index contributed by atoms with van der Waals surface area (Å²) in [6.45, 7) is 3.82. The van der Waals surface area contributed by atoms with Crippen LogP contribution in [0, 0.1) is 5.92 Å². The Kier molecular flexibility index (Phi) is 4.09. The number of hydrogen-bond acceptors (Lipinski definition) is 3. The standard InChI is InChI=1S/C13H19N3O/c1-10(11-4-2-6-14-8-11)16-13(17)12-5-3-7-15-9-12/h2,4,6,8,10,12,15H,3,5,7,9H2,1H3,(H,16,17)/t10-,12-/m1/s1.